The van der Waals surface area contributed by atoms with E-state index < -0.39 is 18.5 Å². The molecule has 0 spiro atoms. The van der Waals surface area contributed by atoms with Crippen LogP contribution in [-0.4, -0.2) is 62.1 Å². The molecule has 0 radical (unpaired) electrons. The molecule has 1 N–H and O–H groups in total. The van der Waals surface area contributed by atoms with Gasteiger partial charge in [-0.1, -0.05) is 11.6 Å². The Morgan fingerprint density at radius 2 is 2.04 bits per heavy atom. The van der Waals surface area contributed by atoms with Gasteiger partial charge in [-0.3, -0.25) is 9.59 Å². The van der Waals surface area contributed by atoms with Gasteiger partial charge in [-0.25, -0.2) is 4.79 Å². The lowest BCUT2D eigenvalue weighted by Gasteiger charge is -2.19. The summed E-state index contributed by atoms with van der Waals surface area (Å²) in [6.45, 7) is 0.336. The molecule has 0 unspecified atom stereocenters. The van der Waals surface area contributed by atoms with Crippen molar-refractivity contribution in [2.45, 2.75) is 18.9 Å². The molecule has 1 fully saturated rings. The van der Waals surface area contributed by atoms with Crippen LogP contribution in [-0.2, 0) is 19.1 Å². The first-order valence-electron chi connectivity index (χ1n) is 8.89. The number of ether oxygens (including phenoxy) is 3. The first-order valence-corrected chi connectivity index (χ1v) is 9.27. The molecule has 150 valence electrons. The average Bonchev–Trinajstić information content (AvgIpc) is 3.48. The largest absolute Gasteiger partial charge is 0.486 e. The highest BCUT2D eigenvalue weighted by Gasteiger charge is 2.24. The molecule has 0 bridgehead atoms. The number of esters is 1. The van der Waals surface area contributed by atoms with E-state index in [4.69, 9.17) is 25.8 Å². The van der Waals surface area contributed by atoms with Gasteiger partial charge in [0.15, 0.2) is 18.1 Å². The van der Waals surface area contributed by atoms with E-state index >= 15 is 0 Å². The minimum atomic E-state index is -0.685. The average molecular weight is 409 g/mol. The Morgan fingerprint density at radius 1 is 1.29 bits per heavy atom. The summed E-state index contributed by atoms with van der Waals surface area (Å²) in [4.78, 5) is 36.7. The molecule has 3 rings (SSSR count). The summed E-state index contributed by atoms with van der Waals surface area (Å²) in [5, 5.41) is 3.17. The van der Waals surface area contributed by atoms with Crippen LogP contribution in [0, 0.1) is 0 Å². The molecule has 2 amide bonds. The summed E-state index contributed by atoms with van der Waals surface area (Å²) in [5.74, 6) is -0.384. The zero-order valence-corrected chi connectivity index (χ0v) is 16.2. The van der Waals surface area contributed by atoms with E-state index in [1.165, 1.54) is 24.1 Å². The van der Waals surface area contributed by atoms with Crippen LogP contribution in [0.4, 0.5) is 0 Å². The highest BCUT2D eigenvalue weighted by Crippen LogP contribution is 2.38. The summed E-state index contributed by atoms with van der Waals surface area (Å²) < 4.78 is 15.8. The maximum absolute atomic E-state index is 12.0. The van der Waals surface area contributed by atoms with Crippen LogP contribution in [0.1, 0.15) is 18.4 Å². The van der Waals surface area contributed by atoms with E-state index in [2.05, 4.69) is 5.32 Å². The van der Waals surface area contributed by atoms with Gasteiger partial charge in [-0.15, -0.1) is 0 Å². The molecule has 8 nitrogen and oxygen atoms in total. The van der Waals surface area contributed by atoms with Crippen molar-refractivity contribution in [1.29, 1.82) is 0 Å². The molecule has 2 aliphatic rings. The van der Waals surface area contributed by atoms with Gasteiger partial charge in [0.2, 0.25) is 5.91 Å². The van der Waals surface area contributed by atoms with Gasteiger partial charge < -0.3 is 24.4 Å². The number of hydrogen-bond donors (Lipinski definition) is 1. The Balaban J connectivity index is 1.46. The molecule has 0 saturated heterocycles. The molecule has 0 atom stereocenters. The van der Waals surface area contributed by atoms with E-state index in [9.17, 15) is 14.4 Å². The topological polar surface area (TPSA) is 94.2 Å². The van der Waals surface area contributed by atoms with Gasteiger partial charge in [-0.2, -0.15) is 0 Å². The first kappa shape index (κ1) is 20.0. The van der Waals surface area contributed by atoms with Crippen LogP contribution in [0.2, 0.25) is 5.02 Å². The maximum atomic E-state index is 12.0. The molecule has 1 aliphatic carbocycles. The van der Waals surface area contributed by atoms with Crippen LogP contribution in [0.5, 0.6) is 11.5 Å². The van der Waals surface area contributed by atoms with Gasteiger partial charge in [0.25, 0.3) is 5.91 Å². The van der Waals surface area contributed by atoms with Crippen molar-refractivity contribution in [3.63, 3.8) is 0 Å². The summed E-state index contributed by atoms with van der Waals surface area (Å²) >= 11 is 6.14. The molecule has 1 saturated carbocycles. The molecule has 1 heterocycles. The molecular weight excluding hydrogens is 388 g/mol. The van der Waals surface area contributed by atoms with Gasteiger partial charge in [0.05, 0.1) is 11.6 Å². The van der Waals surface area contributed by atoms with Gasteiger partial charge in [0, 0.05) is 19.2 Å². The van der Waals surface area contributed by atoms with Crippen LogP contribution < -0.4 is 14.8 Å². The highest BCUT2D eigenvalue weighted by molar-refractivity contribution is 6.32. The second-order valence-electron chi connectivity index (χ2n) is 6.56. The Hall–Kier alpha value is -2.74. The molecule has 1 aromatic carbocycles. The van der Waals surface area contributed by atoms with E-state index in [0.29, 0.717) is 35.3 Å². The van der Waals surface area contributed by atoms with E-state index in [1.54, 1.807) is 12.1 Å². The fourth-order valence-corrected chi connectivity index (χ4v) is 2.76. The predicted molar refractivity (Wildman–Crippen MR) is 101 cm³/mol. The third-order valence-electron chi connectivity index (χ3n) is 4.12. The zero-order valence-electron chi connectivity index (χ0n) is 15.4. The molecule has 9 heteroatoms. The van der Waals surface area contributed by atoms with Crippen molar-refractivity contribution in [3.05, 3.63) is 28.8 Å². The molecule has 28 heavy (non-hydrogen) atoms. The predicted octanol–water partition coefficient (Wildman–Crippen LogP) is 1.40. The molecule has 1 aliphatic heterocycles. The van der Waals surface area contributed by atoms with Crippen LogP contribution in [0.15, 0.2) is 18.2 Å². The lowest BCUT2D eigenvalue weighted by Crippen LogP contribution is -2.40. The number of nitrogens with zero attached hydrogens (tertiary/aromatic N) is 1. The number of rotatable bonds is 7. The third kappa shape index (κ3) is 5.63. The SMILES string of the molecule is CN(CC(=O)NC1CC1)C(=O)COC(=O)/C=C/c1cc(Cl)c2c(c1)OCCO2. The van der Waals surface area contributed by atoms with Gasteiger partial charge in [0.1, 0.15) is 13.2 Å². The molecule has 1 aromatic rings. The molecule has 0 aromatic heterocycles. The zero-order chi connectivity index (χ0) is 20.1. The van der Waals surface area contributed by atoms with Crippen molar-refractivity contribution < 1.29 is 28.6 Å². The van der Waals surface area contributed by atoms with Crippen LogP contribution in [0.25, 0.3) is 6.08 Å². The number of amides is 2. The minimum absolute atomic E-state index is 0.0710. The van der Waals surface area contributed by atoms with Crippen molar-refractivity contribution in [2.75, 3.05) is 33.4 Å². The lowest BCUT2D eigenvalue weighted by atomic mass is 10.2. The normalized spacial score (nSPS) is 15.2. The number of carbonyl (C=O) groups excluding carboxylic acids is 3. The summed E-state index contributed by atoms with van der Waals surface area (Å²) in [5.41, 5.74) is 0.631. The third-order valence-corrected chi connectivity index (χ3v) is 4.40. The minimum Gasteiger partial charge on any atom is -0.486 e. The van der Waals surface area contributed by atoms with Crippen molar-refractivity contribution in [1.82, 2.24) is 10.2 Å². The summed E-state index contributed by atoms with van der Waals surface area (Å²) in [7, 11) is 1.48. The number of fused-ring (bicyclic) bond motifs is 1. The second kappa shape index (κ2) is 8.97. The Kier molecular flexibility index (Phi) is 6.41. The maximum Gasteiger partial charge on any atom is 0.331 e. The van der Waals surface area contributed by atoms with Crippen LogP contribution in [0.3, 0.4) is 0 Å². The Bertz CT molecular complexity index is 806. The molecular formula is C19H21ClN2O6. The fraction of sp³-hybridized carbons (Fsp3) is 0.421. The van der Waals surface area contributed by atoms with Crippen molar-refractivity contribution in [3.8, 4) is 11.5 Å². The quantitative estimate of drug-likeness (QED) is 0.541. The Morgan fingerprint density at radius 3 is 2.79 bits per heavy atom. The number of carbonyl (C=O) groups is 3. The summed E-state index contributed by atoms with van der Waals surface area (Å²) in [6, 6.07) is 3.56. The number of likely N-dealkylation sites (N-methyl/N-ethyl adjacent to an activating group) is 1. The number of halogens is 1. The number of hydrogen-bond acceptors (Lipinski definition) is 6. The fourth-order valence-electron chi connectivity index (χ4n) is 2.49. The standard InChI is InChI=1S/C19H21ClN2O6/c1-22(10-16(23)21-13-3-4-13)17(24)11-28-18(25)5-2-12-8-14(20)19-15(9-12)26-6-7-27-19/h2,5,8-9,13H,3-4,6-7,10-11H2,1H3,(H,21,23)/b5-2+. The highest BCUT2D eigenvalue weighted by atomic mass is 35.5. The van der Waals surface area contributed by atoms with E-state index in [-0.39, 0.29) is 18.5 Å². The van der Waals surface area contributed by atoms with E-state index in [1.807, 2.05) is 0 Å². The lowest BCUT2D eigenvalue weighted by molar-refractivity contribution is -0.148. The monoisotopic (exact) mass is 408 g/mol. The van der Waals surface area contributed by atoms with Gasteiger partial charge >= 0.3 is 5.97 Å². The smallest absolute Gasteiger partial charge is 0.331 e. The number of benzene rings is 1. The van der Waals surface area contributed by atoms with Crippen molar-refractivity contribution in [2.24, 2.45) is 0 Å². The summed E-state index contributed by atoms with van der Waals surface area (Å²) in [6.07, 6.45) is 4.64. The Labute approximate surface area is 167 Å². The second-order valence-corrected chi connectivity index (χ2v) is 6.97. The first-order chi connectivity index (χ1) is 13.4. The van der Waals surface area contributed by atoms with E-state index in [0.717, 1.165) is 12.8 Å². The van der Waals surface area contributed by atoms with Crippen molar-refractivity contribution >= 4 is 35.5 Å². The van der Waals surface area contributed by atoms with Crippen LogP contribution >= 0.6 is 11.6 Å². The van der Waals surface area contributed by atoms with Gasteiger partial charge in [-0.05, 0) is 36.6 Å². The number of nitrogens with one attached hydrogen (secondary N) is 1.